The third-order valence-electron chi connectivity index (χ3n) is 7.27. The molecule has 0 saturated carbocycles. The lowest BCUT2D eigenvalue weighted by molar-refractivity contribution is -0.177. The summed E-state index contributed by atoms with van der Waals surface area (Å²) in [5.74, 6) is -1.23. The molecule has 1 N–H and O–H groups in total. The van der Waals surface area contributed by atoms with Gasteiger partial charge < -0.3 is 10.1 Å². The smallest absolute Gasteiger partial charge is 0.432 e. The molecule has 1 aliphatic heterocycles. The predicted octanol–water partition coefficient (Wildman–Crippen LogP) is 6.26. The molecule has 0 radical (unpaired) electrons. The Morgan fingerprint density at radius 2 is 1.64 bits per heavy atom. The molecule has 0 bridgehead atoms. The highest BCUT2D eigenvalue weighted by molar-refractivity contribution is 6.05. The zero-order chi connectivity index (χ0) is 30.6. The lowest BCUT2D eigenvalue weighted by Crippen LogP contribution is -2.32. The maximum Gasteiger partial charge on any atom is 0.533 e. The van der Waals surface area contributed by atoms with Crippen molar-refractivity contribution in [2.24, 2.45) is 0 Å². The SMILES string of the molecule is CCCCC(=O)c1cccc2c1-c1ccc(CCCC)cc1C2COC(=O)ON1C(=O)CCC1=O.CCCNC(C)=O. The number of Topliss-reactive ketones (excluding diaryl/α,β-unsaturated/α-hetero) is 1. The Kier molecular flexibility index (Phi) is 12.3. The number of fused-ring (bicyclic) bond motifs is 3. The van der Waals surface area contributed by atoms with Gasteiger partial charge in [-0.1, -0.05) is 75.1 Å². The summed E-state index contributed by atoms with van der Waals surface area (Å²) < 4.78 is 5.39. The van der Waals surface area contributed by atoms with E-state index in [0.29, 0.717) is 17.0 Å². The Morgan fingerprint density at radius 1 is 0.929 bits per heavy atom. The van der Waals surface area contributed by atoms with Crippen molar-refractivity contribution >= 4 is 29.7 Å². The van der Waals surface area contributed by atoms with Gasteiger partial charge in [0.1, 0.15) is 6.61 Å². The van der Waals surface area contributed by atoms with Gasteiger partial charge in [0, 0.05) is 44.2 Å². The third-order valence-corrected chi connectivity index (χ3v) is 7.27. The van der Waals surface area contributed by atoms with E-state index in [1.807, 2.05) is 25.1 Å². The highest BCUT2D eigenvalue weighted by Crippen LogP contribution is 2.47. The molecule has 4 rings (SSSR count). The summed E-state index contributed by atoms with van der Waals surface area (Å²) in [4.78, 5) is 63.8. The summed E-state index contributed by atoms with van der Waals surface area (Å²) >= 11 is 0. The molecule has 2 aromatic carbocycles. The number of aryl methyl sites for hydroxylation is 1. The van der Waals surface area contributed by atoms with Crippen molar-refractivity contribution in [1.29, 1.82) is 0 Å². The molecule has 0 spiro atoms. The second-order valence-electron chi connectivity index (χ2n) is 10.6. The van der Waals surface area contributed by atoms with Crippen LogP contribution in [-0.4, -0.2) is 47.9 Å². The minimum atomic E-state index is -1.10. The summed E-state index contributed by atoms with van der Waals surface area (Å²) in [6, 6.07) is 12.0. The van der Waals surface area contributed by atoms with Gasteiger partial charge in [-0.15, -0.1) is 0 Å². The lowest BCUT2D eigenvalue weighted by Gasteiger charge is -2.17. The van der Waals surface area contributed by atoms with Crippen LogP contribution in [0.4, 0.5) is 4.79 Å². The van der Waals surface area contributed by atoms with E-state index in [1.165, 1.54) is 12.5 Å². The van der Waals surface area contributed by atoms with Crippen molar-refractivity contribution in [3.05, 3.63) is 58.7 Å². The van der Waals surface area contributed by atoms with Gasteiger partial charge >= 0.3 is 6.16 Å². The number of hydrogen-bond acceptors (Lipinski definition) is 7. The number of imide groups is 1. The van der Waals surface area contributed by atoms with Gasteiger partial charge in [-0.3, -0.25) is 24.0 Å². The fourth-order valence-electron chi connectivity index (χ4n) is 5.09. The van der Waals surface area contributed by atoms with Gasteiger partial charge in [-0.25, -0.2) is 4.79 Å². The second kappa shape index (κ2) is 15.8. The fourth-order valence-corrected chi connectivity index (χ4v) is 5.09. The number of ether oxygens (including phenoxy) is 1. The third kappa shape index (κ3) is 8.27. The first-order chi connectivity index (χ1) is 20.2. The highest BCUT2D eigenvalue weighted by Gasteiger charge is 2.36. The van der Waals surface area contributed by atoms with Gasteiger partial charge in [-0.2, -0.15) is 0 Å². The molecule has 3 amide bonds. The minimum absolute atomic E-state index is 0.0187. The summed E-state index contributed by atoms with van der Waals surface area (Å²) in [5, 5.41) is 3.13. The number of nitrogens with one attached hydrogen (secondary N) is 1. The molecule has 42 heavy (non-hydrogen) atoms. The van der Waals surface area contributed by atoms with E-state index >= 15 is 0 Å². The first-order valence-electron chi connectivity index (χ1n) is 15.0. The molecular formula is C33H42N2O7. The van der Waals surface area contributed by atoms with Crippen LogP contribution in [0.15, 0.2) is 36.4 Å². The molecule has 1 aliphatic carbocycles. The van der Waals surface area contributed by atoms with Gasteiger partial charge in [0.25, 0.3) is 11.8 Å². The normalized spacial score (nSPS) is 15.0. The van der Waals surface area contributed by atoms with Crippen LogP contribution >= 0.6 is 0 Å². The number of amides is 3. The van der Waals surface area contributed by atoms with E-state index in [4.69, 9.17) is 9.57 Å². The monoisotopic (exact) mass is 578 g/mol. The molecular weight excluding hydrogens is 536 g/mol. The number of rotatable bonds is 12. The van der Waals surface area contributed by atoms with E-state index < -0.39 is 18.0 Å². The molecule has 9 nitrogen and oxygen atoms in total. The number of hydrogen-bond donors (Lipinski definition) is 1. The van der Waals surface area contributed by atoms with Crippen LogP contribution in [0.2, 0.25) is 0 Å². The molecule has 226 valence electrons. The molecule has 1 heterocycles. The summed E-state index contributed by atoms with van der Waals surface area (Å²) in [7, 11) is 0. The van der Waals surface area contributed by atoms with Crippen LogP contribution in [0.1, 0.15) is 112 Å². The Balaban J connectivity index is 0.000000616. The number of nitrogens with zero attached hydrogens (tertiary/aromatic N) is 1. The number of unbranched alkanes of at least 4 members (excludes halogenated alkanes) is 2. The number of hydroxylamine groups is 2. The Labute approximate surface area is 247 Å². The predicted molar refractivity (Wildman–Crippen MR) is 159 cm³/mol. The van der Waals surface area contributed by atoms with Crippen LogP contribution in [-0.2, 0) is 30.4 Å². The number of benzene rings is 2. The molecule has 2 aliphatic rings. The molecule has 1 saturated heterocycles. The Morgan fingerprint density at radius 3 is 2.26 bits per heavy atom. The van der Waals surface area contributed by atoms with E-state index in [1.54, 1.807) is 0 Å². The molecule has 9 heteroatoms. The molecule has 1 unspecified atom stereocenters. The van der Waals surface area contributed by atoms with Gasteiger partial charge in [0.05, 0.1) is 0 Å². The Hall–Kier alpha value is -4.01. The largest absolute Gasteiger partial charge is 0.533 e. The second-order valence-corrected chi connectivity index (χ2v) is 10.6. The number of carbonyl (C=O) groups excluding carboxylic acids is 5. The summed E-state index contributed by atoms with van der Waals surface area (Å²) in [5.41, 5.74) is 5.70. The summed E-state index contributed by atoms with van der Waals surface area (Å²) in [6.45, 7) is 8.53. The van der Waals surface area contributed by atoms with Crippen molar-refractivity contribution in [1.82, 2.24) is 10.4 Å². The number of carbonyl (C=O) groups is 5. The van der Waals surface area contributed by atoms with Crippen molar-refractivity contribution < 1.29 is 33.5 Å². The average Bonchev–Trinajstić information content (AvgIpc) is 3.47. The van der Waals surface area contributed by atoms with Gasteiger partial charge in [-0.05, 0) is 53.5 Å². The van der Waals surface area contributed by atoms with Gasteiger partial charge in [0.15, 0.2) is 5.78 Å². The maximum absolute atomic E-state index is 13.0. The topological polar surface area (TPSA) is 119 Å². The van der Waals surface area contributed by atoms with Gasteiger partial charge in [0.2, 0.25) is 5.91 Å². The summed E-state index contributed by atoms with van der Waals surface area (Å²) in [6.07, 6.45) is 5.31. The standard InChI is InChI=1S/C28H31NO6.C5H11NO/c1-3-5-8-18-12-13-20-22(16-18)23(17-34-28(33)35-29-25(31)14-15-26(29)32)19-9-7-10-21(27(19)20)24(30)11-6-4-2;1-3-4-6-5(2)7/h7,9-10,12-13,16,23H,3-6,8,11,14-15,17H2,1-2H3;3-4H2,1-2H3,(H,6,7). The molecule has 2 aromatic rings. The van der Waals surface area contributed by atoms with Crippen LogP contribution in [0.25, 0.3) is 11.1 Å². The average molecular weight is 579 g/mol. The maximum atomic E-state index is 13.0. The quantitative estimate of drug-likeness (QED) is 0.179. The fraction of sp³-hybridized carbons (Fsp3) is 0.485. The van der Waals surface area contributed by atoms with Crippen LogP contribution in [0, 0.1) is 0 Å². The zero-order valence-corrected chi connectivity index (χ0v) is 25.1. The van der Waals surface area contributed by atoms with E-state index in [-0.39, 0.29) is 37.1 Å². The van der Waals surface area contributed by atoms with Crippen LogP contribution in [0.5, 0.6) is 0 Å². The van der Waals surface area contributed by atoms with Crippen LogP contribution in [0.3, 0.4) is 0 Å². The van der Waals surface area contributed by atoms with E-state index in [0.717, 1.165) is 67.3 Å². The molecule has 0 aromatic heterocycles. The van der Waals surface area contributed by atoms with Crippen molar-refractivity contribution in [3.8, 4) is 11.1 Å². The minimum Gasteiger partial charge on any atom is -0.432 e. The first-order valence-corrected chi connectivity index (χ1v) is 15.0. The van der Waals surface area contributed by atoms with Crippen molar-refractivity contribution in [2.45, 2.75) is 91.4 Å². The lowest BCUT2D eigenvalue weighted by atomic mass is 9.93. The zero-order valence-electron chi connectivity index (χ0n) is 25.1. The van der Waals surface area contributed by atoms with E-state index in [2.05, 4.69) is 37.4 Å². The van der Waals surface area contributed by atoms with Crippen molar-refractivity contribution in [2.75, 3.05) is 13.2 Å². The van der Waals surface area contributed by atoms with E-state index in [9.17, 15) is 24.0 Å². The number of ketones is 1. The Bertz CT molecular complexity index is 1290. The molecule has 1 fully saturated rings. The first kappa shape index (κ1) is 32.5. The van der Waals surface area contributed by atoms with Crippen LogP contribution < -0.4 is 5.32 Å². The van der Waals surface area contributed by atoms with Crippen molar-refractivity contribution in [3.63, 3.8) is 0 Å². The molecule has 1 atom stereocenters. The highest BCUT2D eigenvalue weighted by atomic mass is 16.8.